The van der Waals surface area contributed by atoms with Crippen molar-refractivity contribution >= 4 is 10.0 Å². The molecule has 0 fully saturated rings. The fourth-order valence-corrected chi connectivity index (χ4v) is 2.42. The summed E-state index contributed by atoms with van der Waals surface area (Å²) in [5.41, 5.74) is 1.69. The second-order valence-electron chi connectivity index (χ2n) is 3.68. The molecule has 17 heavy (non-hydrogen) atoms. The number of nitrogens with two attached hydrogens (primary N) is 1. The van der Waals surface area contributed by atoms with Gasteiger partial charge < -0.3 is 0 Å². The van der Waals surface area contributed by atoms with Gasteiger partial charge in [-0.2, -0.15) is 0 Å². The molecule has 0 aliphatic rings. The minimum absolute atomic E-state index is 0.178. The van der Waals surface area contributed by atoms with Gasteiger partial charge in [0.2, 0.25) is 10.0 Å². The molecule has 88 valence electrons. The molecule has 1 aromatic carbocycles. The van der Waals surface area contributed by atoms with Crippen LogP contribution in [0.5, 0.6) is 0 Å². The summed E-state index contributed by atoms with van der Waals surface area (Å²) in [7, 11) is -3.67. The molecule has 0 unspecified atom stereocenters. The minimum Gasteiger partial charge on any atom is -0.265 e. The lowest BCUT2D eigenvalue weighted by Gasteiger charge is -2.07. The molecule has 2 rings (SSSR count). The van der Waals surface area contributed by atoms with E-state index in [2.05, 4.69) is 4.98 Å². The normalized spacial score (nSPS) is 11.4. The van der Waals surface area contributed by atoms with Gasteiger partial charge in [-0.25, -0.2) is 13.6 Å². The SMILES string of the molecule is NS(=O)(=O)c1ccccc1Cc1ccncc1. The Morgan fingerprint density at radius 2 is 1.71 bits per heavy atom. The number of hydrogen-bond acceptors (Lipinski definition) is 3. The van der Waals surface area contributed by atoms with Gasteiger partial charge in [-0.15, -0.1) is 0 Å². The van der Waals surface area contributed by atoms with Crippen molar-refractivity contribution in [2.45, 2.75) is 11.3 Å². The van der Waals surface area contributed by atoms with Gasteiger partial charge >= 0.3 is 0 Å². The zero-order chi connectivity index (χ0) is 12.3. The highest BCUT2D eigenvalue weighted by atomic mass is 32.2. The van der Waals surface area contributed by atoms with Gasteiger partial charge in [0, 0.05) is 12.4 Å². The number of rotatable bonds is 3. The van der Waals surface area contributed by atoms with Crippen LogP contribution in [-0.4, -0.2) is 13.4 Å². The Bertz CT molecular complexity index is 609. The molecule has 4 nitrogen and oxygen atoms in total. The molecule has 0 aliphatic carbocycles. The first-order chi connectivity index (χ1) is 8.07. The lowest BCUT2D eigenvalue weighted by Crippen LogP contribution is -2.14. The van der Waals surface area contributed by atoms with E-state index in [1.165, 1.54) is 6.07 Å². The number of primary sulfonamides is 1. The molecule has 0 saturated heterocycles. The van der Waals surface area contributed by atoms with Crippen molar-refractivity contribution in [1.29, 1.82) is 0 Å². The van der Waals surface area contributed by atoms with E-state index < -0.39 is 10.0 Å². The highest BCUT2D eigenvalue weighted by Crippen LogP contribution is 2.17. The molecule has 0 saturated carbocycles. The molecule has 1 aromatic heterocycles. The number of hydrogen-bond donors (Lipinski definition) is 1. The van der Waals surface area contributed by atoms with Crippen molar-refractivity contribution in [2.24, 2.45) is 5.14 Å². The Balaban J connectivity index is 2.41. The van der Waals surface area contributed by atoms with Crippen LogP contribution in [0.3, 0.4) is 0 Å². The summed E-state index contributed by atoms with van der Waals surface area (Å²) < 4.78 is 22.8. The standard InChI is InChI=1S/C12H12N2O2S/c13-17(15,16)12-4-2-1-3-11(12)9-10-5-7-14-8-6-10/h1-8H,9H2,(H2,13,15,16). The molecular weight excluding hydrogens is 236 g/mol. The summed E-state index contributed by atoms with van der Waals surface area (Å²) in [4.78, 5) is 4.09. The molecule has 2 N–H and O–H groups in total. The van der Waals surface area contributed by atoms with E-state index in [-0.39, 0.29) is 4.90 Å². The average Bonchev–Trinajstić information content (AvgIpc) is 2.30. The largest absolute Gasteiger partial charge is 0.265 e. The van der Waals surface area contributed by atoms with Crippen LogP contribution in [0.15, 0.2) is 53.7 Å². The third kappa shape index (κ3) is 2.89. The third-order valence-corrected chi connectivity index (χ3v) is 3.43. The molecule has 0 spiro atoms. The Hall–Kier alpha value is -1.72. The molecular formula is C12H12N2O2S. The number of nitrogens with zero attached hydrogens (tertiary/aromatic N) is 1. The molecule has 5 heteroatoms. The summed E-state index contributed by atoms with van der Waals surface area (Å²) in [5.74, 6) is 0. The molecule has 0 radical (unpaired) electrons. The van der Waals surface area contributed by atoms with E-state index in [0.29, 0.717) is 12.0 Å². The van der Waals surface area contributed by atoms with Crippen LogP contribution in [0.1, 0.15) is 11.1 Å². The van der Waals surface area contributed by atoms with Gasteiger partial charge in [-0.3, -0.25) is 4.98 Å². The van der Waals surface area contributed by atoms with Crippen LogP contribution in [-0.2, 0) is 16.4 Å². The maximum Gasteiger partial charge on any atom is 0.238 e. The number of pyridine rings is 1. The lowest BCUT2D eigenvalue weighted by atomic mass is 10.1. The number of sulfonamides is 1. The number of aromatic nitrogens is 1. The molecule has 0 amide bonds. The van der Waals surface area contributed by atoms with E-state index in [1.54, 1.807) is 30.6 Å². The molecule has 0 atom stereocenters. The van der Waals surface area contributed by atoms with Gasteiger partial charge in [-0.05, 0) is 35.7 Å². The van der Waals surface area contributed by atoms with Crippen molar-refractivity contribution in [3.05, 3.63) is 59.9 Å². The van der Waals surface area contributed by atoms with Gasteiger partial charge in [0.15, 0.2) is 0 Å². The van der Waals surface area contributed by atoms with Crippen molar-refractivity contribution in [3.63, 3.8) is 0 Å². The summed E-state index contributed by atoms with van der Waals surface area (Å²) in [6.07, 6.45) is 3.87. The van der Waals surface area contributed by atoms with Crippen LogP contribution in [0.4, 0.5) is 0 Å². The first-order valence-electron chi connectivity index (χ1n) is 5.07. The van der Waals surface area contributed by atoms with Crippen molar-refractivity contribution < 1.29 is 8.42 Å². The Kier molecular flexibility index (Phi) is 3.21. The molecule has 0 bridgehead atoms. The summed E-state index contributed by atoms with van der Waals surface area (Å²) >= 11 is 0. The Labute approximate surface area is 100 Å². The fourth-order valence-electron chi connectivity index (χ4n) is 1.65. The van der Waals surface area contributed by atoms with Crippen molar-refractivity contribution in [1.82, 2.24) is 4.98 Å². The predicted molar refractivity (Wildman–Crippen MR) is 64.9 cm³/mol. The number of benzene rings is 1. The van der Waals surface area contributed by atoms with Crippen LogP contribution >= 0.6 is 0 Å². The van der Waals surface area contributed by atoms with Crippen molar-refractivity contribution in [2.75, 3.05) is 0 Å². The fraction of sp³-hybridized carbons (Fsp3) is 0.0833. The van der Waals surface area contributed by atoms with E-state index in [4.69, 9.17) is 5.14 Å². The molecule has 1 heterocycles. The molecule has 0 aliphatic heterocycles. The summed E-state index contributed by atoms with van der Waals surface area (Å²) in [6, 6.07) is 10.4. The van der Waals surface area contributed by atoms with Crippen LogP contribution in [0.2, 0.25) is 0 Å². The average molecular weight is 248 g/mol. The van der Waals surface area contributed by atoms with Crippen molar-refractivity contribution in [3.8, 4) is 0 Å². The quantitative estimate of drug-likeness (QED) is 0.890. The zero-order valence-corrected chi connectivity index (χ0v) is 9.89. The minimum atomic E-state index is -3.67. The van der Waals surface area contributed by atoms with Crippen LogP contribution in [0.25, 0.3) is 0 Å². The first-order valence-corrected chi connectivity index (χ1v) is 6.61. The maximum atomic E-state index is 11.4. The van der Waals surface area contributed by atoms with Gasteiger partial charge in [0.25, 0.3) is 0 Å². The predicted octanol–water partition coefficient (Wildman–Crippen LogP) is 1.32. The second-order valence-corrected chi connectivity index (χ2v) is 5.21. The highest BCUT2D eigenvalue weighted by Gasteiger charge is 2.12. The van der Waals surface area contributed by atoms with E-state index in [0.717, 1.165) is 5.56 Å². The summed E-state index contributed by atoms with van der Waals surface area (Å²) in [5, 5.41) is 5.17. The van der Waals surface area contributed by atoms with Gasteiger partial charge in [0.05, 0.1) is 4.90 Å². The van der Waals surface area contributed by atoms with Crippen LogP contribution in [0, 0.1) is 0 Å². The van der Waals surface area contributed by atoms with E-state index in [9.17, 15) is 8.42 Å². The smallest absolute Gasteiger partial charge is 0.238 e. The first kappa shape index (κ1) is 11.8. The topological polar surface area (TPSA) is 73.1 Å². The van der Waals surface area contributed by atoms with Crippen LogP contribution < -0.4 is 5.14 Å². The van der Waals surface area contributed by atoms with Gasteiger partial charge in [0.1, 0.15) is 0 Å². The summed E-state index contributed by atoms with van der Waals surface area (Å²) in [6.45, 7) is 0. The maximum absolute atomic E-state index is 11.4. The Morgan fingerprint density at radius 3 is 2.35 bits per heavy atom. The lowest BCUT2D eigenvalue weighted by molar-refractivity contribution is 0.597. The molecule has 2 aromatic rings. The highest BCUT2D eigenvalue weighted by molar-refractivity contribution is 7.89. The second kappa shape index (κ2) is 4.65. The Morgan fingerprint density at radius 1 is 1.06 bits per heavy atom. The monoisotopic (exact) mass is 248 g/mol. The van der Waals surface area contributed by atoms with Gasteiger partial charge in [-0.1, -0.05) is 18.2 Å². The third-order valence-electron chi connectivity index (χ3n) is 2.42. The van der Waals surface area contributed by atoms with E-state index in [1.807, 2.05) is 12.1 Å². The van der Waals surface area contributed by atoms with E-state index >= 15 is 0 Å². The zero-order valence-electron chi connectivity index (χ0n) is 9.08.